The predicted octanol–water partition coefficient (Wildman–Crippen LogP) is -0.219. The zero-order valence-electron chi connectivity index (χ0n) is 11.3. The Labute approximate surface area is 113 Å². The summed E-state index contributed by atoms with van der Waals surface area (Å²) in [5.41, 5.74) is 0.267. The highest BCUT2D eigenvalue weighted by atomic mass is 32.2. The Hall–Kier alpha value is -1.38. The van der Waals surface area contributed by atoms with Crippen molar-refractivity contribution < 1.29 is 17.9 Å². The van der Waals surface area contributed by atoms with E-state index in [-0.39, 0.29) is 16.5 Å². The second kappa shape index (κ2) is 6.18. The third-order valence-electron chi connectivity index (χ3n) is 2.65. The molecule has 0 spiro atoms. The fraction of sp³-hybridized carbons (Fsp3) is 0.545. The number of aromatic nitrogens is 1. The number of hydrogen-bond donors (Lipinski definition) is 1. The third kappa shape index (κ3) is 4.05. The van der Waals surface area contributed by atoms with Crippen molar-refractivity contribution in [3.05, 3.63) is 18.0 Å². The molecule has 2 N–H and O–H groups in total. The Morgan fingerprint density at radius 3 is 2.63 bits per heavy atom. The van der Waals surface area contributed by atoms with Gasteiger partial charge in [-0.05, 0) is 13.0 Å². The highest BCUT2D eigenvalue weighted by Gasteiger charge is 2.19. The number of rotatable bonds is 6. The highest BCUT2D eigenvalue weighted by molar-refractivity contribution is 7.89. The molecule has 0 aliphatic carbocycles. The van der Waals surface area contributed by atoms with E-state index in [1.165, 1.54) is 21.7 Å². The molecule has 108 valence electrons. The number of primary sulfonamides is 1. The molecular formula is C11H19N3O4S. The maximum Gasteiger partial charge on any atom is 0.270 e. The molecule has 0 unspecified atom stereocenters. The van der Waals surface area contributed by atoms with Crippen molar-refractivity contribution >= 4 is 15.9 Å². The van der Waals surface area contributed by atoms with Crippen molar-refractivity contribution in [2.45, 2.75) is 11.8 Å². The van der Waals surface area contributed by atoms with E-state index in [0.717, 1.165) is 0 Å². The number of hydrogen-bond acceptors (Lipinski definition) is 4. The van der Waals surface area contributed by atoms with Crippen LogP contribution >= 0.6 is 0 Å². The van der Waals surface area contributed by atoms with Gasteiger partial charge >= 0.3 is 0 Å². The van der Waals surface area contributed by atoms with E-state index in [9.17, 15) is 13.2 Å². The SMILES string of the molecule is CCOCCN(C)C(=O)c1cc(S(N)(=O)=O)cn1C. The van der Waals surface area contributed by atoms with Gasteiger partial charge in [-0.3, -0.25) is 4.79 Å². The van der Waals surface area contributed by atoms with E-state index in [2.05, 4.69) is 0 Å². The number of nitrogens with zero attached hydrogens (tertiary/aromatic N) is 2. The smallest absolute Gasteiger partial charge is 0.270 e. The normalized spacial score (nSPS) is 11.6. The van der Waals surface area contributed by atoms with Crippen molar-refractivity contribution in [1.82, 2.24) is 9.47 Å². The zero-order chi connectivity index (χ0) is 14.6. The van der Waals surface area contributed by atoms with Gasteiger partial charge in [0.2, 0.25) is 10.0 Å². The average Bonchev–Trinajstić information content (AvgIpc) is 2.70. The summed E-state index contributed by atoms with van der Waals surface area (Å²) in [6.45, 7) is 3.33. The molecule has 0 fully saturated rings. The Bertz CT molecular complexity index is 550. The molecule has 0 bridgehead atoms. The lowest BCUT2D eigenvalue weighted by atomic mass is 10.3. The summed E-state index contributed by atoms with van der Waals surface area (Å²) in [5, 5.41) is 5.03. The van der Waals surface area contributed by atoms with Crippen molar-refractivity contribution in [3.63, 3.8) is 0 Å². The lowest BCUT2D eigenvalue weighted by molar-refractivity contribution is 0.0701. The second-order valence-corrected chi connectivity index (χ2v) is 5.70. The first-order valence-electron chi connectivity index (χ1n) is 5.79. The van der Waals surface area contributed by atoms with Crippen LogP contribution in [0.15, 0.2) is 17.2 Å². The lowest BCUT2D eigenvalue weighted by Crippen LogP contribution is -2.31. The molecule has 0 aliphatic heterocycles. The first-order chi connectivity index (χ1) is 8.77. The average molecular weight is 289 g/mol. The molecule has 0 radical (unpaired) electrons. The number of carbonyl (C=O) groups is 1. The Morgan fingerprint density at radius 2 is 2.16 bits per heavy atom. The summed E-state index contributed by atoms with van der Waals surface area (Å²) in [6, 6.07) is 1.27. The van der Waals surface area contributed by atoms with Crippen LogP contribution in [0.1, 0.15) is 17.4 Å². The molecule has 1 rings (SSSR count). The van der Waals surface area contributed by atoms with Crippen LogP contribution in [0.5, 0.6) is 0 Å². The zero-order valence-corrected chi connectivity index (χ0v) is 12.1. The van der Waals surface area contributed by atoms with E-state index >= 15 is 0 Å². The lowest BCUT2D eigenvalue weighted by Gasteiger charge is -2.17. The maximum absolute atomic E-state index is 12.1. The van der Waals surface area contributed by atoms with Crippen LogP contribution in [0.2, 0.25) is 0 Å². The van der Waals surface area contributed by atoms with Crippen molar-refractivity contribution in [2.75, 3.05) is 26.8 Å². The van der Waals surface area contributed by atoms with Crippen molar-refractivity contribution in [2.24, 2.45) is 12.2 Å². The predicted molar refractivity (Wildman–Crippen MR) is 70.2 cm³/mol. The number of aryl methyl sites for hydroxylation is 1. The summed E-state index contributed by atoms with van der Waals surface area (Å²) in [5.74, 6) is -0.280. The molecule has 0 saturated carbocycles. The van der Waals surface area contributed by atoms with E-state index in [1.54, 1.807) is 14.1 Å². The molecule has 0 atom stereocenters. The number of amides is 1. The maximum atomic E-state index is 12.1. The monoisotopic (exact) mass is 289 g/mol. The van der Waals surface area contributed by atoms with Crippen LogP contribution in [0.3, 0.4) is 0 Å². The van der Waals surface area contributed by atoms with Crippen LogP contribution in [0.4, 0.5) is 0 Å². The van der Waals surface area contributed by atoms with E-state index < -0.39 is 10.0 Å². The van der Waals surface area contributed by atoms with Crippen LogP contribution < -0.4 is 5.14 Å². The quantitative estimate of drug-likeness (QED) is 0.733. The van der Waals surface area contributed by atoms with Gasteiger partial charge in [-0.1, -0.05) is 0 Å². The topological polar surface area (TPSA) is 94.6 Å². The van der Waals surface area contributed by atoms with Crippen LogP contribution in [0.25, 0.3) is 0 Å². The molecule has 1 amide bonds. The van der Waals surface area contributed by atoms with Gasteiger partial charge in [-0.2, -0.15) is 0 Å². The van der Waals surface area contributed by atoms with Gasteiger partial charge < -0.3 is 14.2 Å². The highest BCUT2D eigenvalue weighted by Crippen LogP contribution is 2.13. The molecular weight excluding hydrogens is 270 g/mol. The van der Waals surface area contributed by atoms with Gasteiger partial charge in [-0.15, -0.1) is 0 Å². The molecule has 0 aliphatic rings. The first kappa shape index (κ1) is 15.7. The minimum absolute atomic E-state index is 0.0726. The van der Waals surface area contributed by atoms with E-state index in [0.29, 0.717) is 19.8 Å². The van der Waals surface area contributed by atoms with Gasteiger partial charge in [0.05, 0.1) is 6.61 Å². The summed E-state index contributed by atoms with van der Waals surface area (Å²) in [4.78, 5) is 13.5. The third-order valence-corrected chi connectivity index (χ3v) is 3.53. The van der Waals surface area contributed by atoms with Crippen LogP contribution in [0, 0.1) is 0 Å². The fourth-order valence-corrected chi connectivity index (χ4v) is 2.13. The molecule has 0 saturated heterocycles. The summed E-state index contributed by atoms with van der Waals surface area (Å²) < 4.78 is 29.0. The second-order valence-electron chi connectivity index (χ2n) is 4.14. The molecule has 1 aromatic rings. The van der Waals surface area contributed by atoms with Crippen LogP contribution in [-0.4, -0.2) is 50.6 Å². The van der Waals surface area contributed by atoms with Crippen LogP contribution in [-0.2, 0) is 21.8 Å². The van der Waals surface area contributed by atoms with Gasteiger partial charge in [0.1, 0.15) is 10.6 Å². The van der Waals surface area contributed by atoms with Crippen molar-refractivity contribution in [3.8, 4) is 0 Å². The minimum Gasteiger partial charge on any atom is -0.380 e. The minimum atomic E-state index is -3.80. The molecule has 8 heteroatoms. The number of ether oxygens (including phenoxy) is 1. The largest absolute Gasteiger partial charge is 0.380 e. The Morgan fingerprint density at radius 1 is 1.53 bits per heavy atom. The number of carbonyl (C=O) groups excluding carboxylic acids is 1. The van der Waals surface area contributed by atoms with Gasteiger partial charge in [0, 0.05) is 33.4 Å². The molecule has 19 heavy (non-hydrogen) atoms. The van der Waals surface area contributed by atoms with E-state index in [1.807, 2.05) is 6.92 Å². The number of likely N-dealkylation sites (N-methyl/N-ethyl adjacent to an activating group) is 1. The number of sulfonamides is 1. The van der Waals surface area contributed by atoms with Crippen molar-refractivity contribution in [1.29, 1.82) is 0 Å². The van der Waals surface area contributed by atoms with Gasteiger partial charge in [-0.25, -0.2) is 13.6 Å². The Balaban J connectivity index is 2.85. The number of nitrogens with two attached hydrogens (primary N) is 1. The van der Waals surface area contributed by atoms with Gasteiger partial charge in [0.15, 0.2) is 0 Å². The molecule has 0 aromatic carbocycles. The summed E-state index contributed by atoms with van der Waals surface area (Å²) in [7, 11) is -0.575. The first-order valence-corrected chi connectivity index (χ1v) is 7.34. The Kier molecular flexibility index (Phi) is 5.10. The summed E-state index contributed by atoms with van der Waals surface area (Å²) >= 11 is 0. The fourth-order valence-electron chi connectivity index (χ4n) is 1.55. The summed E-state index contributed by atoms with van der Waals surface area (Å²) in [6.07, 6.45) is 1.32. The van der Waals surface area contributed by atoms with Gasteiger partial charge in [0.25, 0.3) is 5.91 Å². The molecule has 7 nitrogen and oxygen atoms in total. The molecule has 1 aromatic heterocycles. The van der Waals surface area contributed by atoms with E-state index in [4.69, 9.17) is 9.88 Å². The molecule has 1 heterocycles. The standard InChI is InChI=1S/C11H19N3O4S/c1-4-18-6-5-13(2)11(15)10-7-9(8-14(10)3)19(12,16)17/h7-8H,4-6H2,1-3H3,(H2,12,16,17).